The highest BCUT2D eigenvalue weighted by atomic mass is 19.1. The third-order valence-electron chi connectivity index (χ3n) is 6.69. The number of aromatic nitrogens is 4. The van der Waals surface area contributed by atoms with Gasteiger partial charge in [0, 0.05) is 36.8 Å². The van der Waals surface area contributed by atoms with Crippen molar-refractivity contribution >= 4 is 28.3 Å². The fraction of sp³-hybridized carbons (Fsp3) is 0.360. The maximum atomic E-state index is 15.8. The van der Waals surface area contributed by atoms with Crippen LogP contribution in [0.1, 0.15) is 26.7 Å². The Bertz CT molecular complexity index is 1370. The molecule has 5 rings (SSSR count). The Labute approximate surface area is 196 Å². The first kappa shape index (κ1) is 22.1. The first-order valence-corrected chi connectivity index (χ1v) is 11.4. The molecule has 9 heteroatoms. The summed E-state index contributed by atoms with van der Waals surface area (Å²) in [4.78, 5) is 22.3. The van der Waals surface area contributed by atoms with Crippen molar-refractivity contribution in [2.75, 3.05) is 25.5 Å². The monoisotopic (exact) mass is 462 g/mol. The minimum absolute atomic E-state index is 0.0559. The highest BCUT2D eigenvalue weighted by molar-refractivity contribution is 5.90. The van der Waals surface area contributed by atoms with Crippen molar-refractivity contribution in [3.8, 4) is 17.0 Å². The summed E-state index contributed by atoms with van der Waals surface area (Å²) in [6.07, 6.45) is 4.36. The van der Waals surface area contributed by atoms with E-state index in [0.717, 1.165) is 27.5 Å². The second kappa shape index (κ2) is 8.55. The molecule has 4 aromatic rings. The number of pyridine rings is 1. The van der Waals surface area contributed by atoms with Crippen LogP contribution in [0, 0.1) is 0 Å². The zero-order chi connectivity index (χ0) is 23.9. The summed E-state index contributed by atoms with van der Waals surface area (Å²) in [6, 6.07) is 11.4. The molecule has 8 nitrogen and oxygen atoms in total. The fourth-order valence-electron chi connectivity index (χ4n) is 4.71. The van der Waals surface area contributed by atoms with Gasteiger partial charge in [0.05, 0.1) is 25.2 Å². The van der Waals surface area contributed by atoms with Crippen LogP contribution in [-0.4, -0.2) is 62.3 Å². The molecule has 1 fully saturated rings. The molecular weight excluding hydrogens is 435 g/mol. The number of likely N-dealkylation sites (tertiary alicyclic amines) is 1. The number of rotatable bonds is 5. The van der Waals surface area contributed by atoms with E-state index in [9.17, 15) is 4.79 Å². The molecule has 1 N–H and O–H groups in total. The molecule has 2 unspecified atom stereocenters. The molecule has 0 aliphatic carbocycles. The van der Waals surface area contributed by atoms with Crippen LogP contribution in [0.2, 0.25) is 0 Å². The van der Waals surface area contributed by atoms with Crippen molar-refractivity contribution in [1.82, 2.24) is 24.5 Å². The lowest BCUT2D eigenvalue weighted by Gasteiger charge is -2.42. The van der Waals surface area contributed by atoms with Gasteiger partial charge in [0.25, 0.3) is 0 Å². The second-order valence-corrected chi connectivity index (χ2v) is 8.69. The third-order valence-corrected chi connectivity index (χ3v) is 6.69. The van der Waals surface area contributed by atoms with E-state index < -0.39 is 11.7 Å². The molecule has 34 heavy (non-hydrogen) atoms. The maximum absolute atomic E-state index is 15.8. The van der Waals surface area contributed by atoms with Gasteiger partial charge in [-0.05, 0) is 42.7 Å². The van der Waals surface area contributed by atoms with E-state index in [1.54, 1.807) is 29.6 Å². The number of benzene rings is 1. The molecule has 3 aromatic heterocycles. The summed E-state index contributed by atoms with van der Waals surface area (Å²) in [6.45, 7) is 3.81. The van der Waals surface area contributed by atoms with Gasteiger partial charge in [-0.25, -0.2) is 8.91 Å². The largest absolute Gasteiger partial charge is 0.479 e. The van der Waals surface area contributed by atoms with Crippen molar-refractivity contribution in [3.05, 3.63) is 48.8 Å². The summed E-state index contributed by atoms with van der Waals surface area (Å²) in [5, 5.41) is 8.81. The van der Waals surface area contributed by atoms with Crippen LogP contribution in [-0.2, 0) is 4.79 Å². The smallest absolute Gasteiger partial charge is 0.244 e. The van der Waals surface area contributed by atoms with Crippen LogP contribution in [0.25, 0.3) is 27.5 Å². The topological polar surface area (TPSA) is 84.7 Å². The maximum Gasteiger partial charge on any atom is 0.244 e. The number of amides is 1. The van der Waals surface area contributed by atoms with Gasteiger partial charge in [-0.2, -0.15) is 4.98 Å². The second-order valence-electron chi connectivity index (χ2n) is 8.69. The zero-order valence-electron chi connectivity index (χ0n) is 19.5. The third kappa shape index (κ3) is 3.81. The molecule has 4 heterocycles. The van der Waals surface area contributed by atoms with Crippen LogP contribution in [0.4, 0.5) is 10.3 Å². The number of fused-ring (bicyclic) bond motifs is 2. The number of methoxy groups -OCH3 is 1. The van der Waals surface area contributed by atoms with Crippen LogP contribution < -0.4 is 10.1 Å². The number of nitrogens with zero attached hydrogens (tertiary/aromatic N) is 5. The van der Waals surface area contributed by atoms with Crippen molar-refractivity contribution in [1.29, 1.82) is 0 Å². The average Bonchev–Trinajstić information content (AvgIpc) is 3.28. The van der Waals surface area contributed by atoms with Crippen LogP contribution >= 0.6 is 0 Å². The molecule has 1 amide bonds. The van der Waals surface area contributed by atoms with E-state index in [2.05, 4.69) is 26.4 Å². The molecule has 0 saturated carbocycles. The zero-order valence-corrected chi connectivity index (χ0v) is 19.5. The van der Waals surface area contributed by atoms with E-state index in [0.29, 0.717) is 18.8 Å². The lowest BCUT2D eigenvalue weighted by Crippen LogP contribution is -2.57. The number of halogens is 1. The number of alkyl halides is 1. The molecule has 176 valence electrons. The molecule has 1 saturated heterocycles. The van der Waals surface area contributed by atoms with Gasteiger partial charge in [-0.3, -0.25) is 9.78 Å². The van der Waals surface area contributed by atoms with Gasteiger partial charge in [0.15, 0.2) is 0 Å². The Hall–Kier alpha value is -3.75. The summed E-state index contributed by atoms with van der Waals surface area (Å²) in [5.41, 5.74) is 2.00. The van der Waals surface area contributed by atoms with Gasteiger partial charge in [-0.15, -0.1) is 5.10 Å². The standard InChI is InChI=1S/C25H27FN6O2/c1-4-25(26)15-31(16(2)33)12-10-21(25)28-24-29-23(34-3)22-19(9-13-32(22)30-24)17-7-8-20-18(14-17)6-5-11-27-20/h5-9,11,13-14,21H,4,10,12,15H2,1-3H3,(H,28,30). The Morgan fingerprint density at radius 3 is 2.94 bits per heavy atom. The van der Waals surface area contributed by atoms with Crippen LogP contribution in [0.5, 0.6) is 5.88 Å². The van der Waals surface area contributed by atoms with E-state index in [1.165, 1.54) is 6.92 Å². The molecule has 0 bridgehead atoms. The summed E-state index contributed by atoms with van der Waals surface area (Å²) in [7, 11) is 1.56. The molecule has 0 spiro atoms. The molecule has 1 aliphatic heterocycles. The lowest BCUT2D eigenvalue weighted by atomic mass is 9.86. The van der Waals surface area contributed by atoms with Crippen LogP contribution in [0.15, 0.2) is 48.8 Å². The number of nitrogens with one attached hydrogen (secondary N) is 1. The fourth-order valence-corrected chi connectivity index (χ4v) is 4.71. The van der Waals surface area contributed by atoms with E-state index in [1.807, 2.05) is 36.5 Å². The number of piperidine rings is 1. The Morgan fingerprint density at radius 1 is 1.32 bits per heavy atom. The van der Waals surface area contributed by atoms with Gasteiger partial charge in [0.1, 0.15) is 11.2 Å². The molecule has 1 aliphatic rings. The van der Waals surface area contributed by atoms with E-state index >= 15 is 4.39 Å². The summed E-state index contributed by atoms with van der Waals surface area (Å²) >= 11 is 0. The number of anilines is 1. The van der Waals surface area contributed by atoms with Gasteiger partial charge < -0.3 is 15.0 Å². The molecule has 2 atom stereocenters. The minimum atomic E-state index is -1.57. The summed E-state index contributed by atoms with van der Waals surface area (Å²) in [5.74, 6) is 0.564. The predicted octanol–water partition coefficient (Wildman–Crippen LogP) is 4.10. The number of ether oxygens (including phenoxy) is 1. The number of hydrogen-bond acceptors (Lipinski definition) is 6. The summed E-state index contributed by atoms with van der Waals surface area (Å²) < 4.78 is 23.1. The number of carbonyl (C=O) groups is 1. The van der Waals surface area contributed by atoms with Crippen molar-refractivity contribution < 1.29 is 13.9 Å². The molecule has 0 radical (unpaired) electrons. The van der Waals surface area contributed by atoms with E-state index in [4.69, 9.17) is 4.74 Å². The lowest BCUT2D eigenvalue weighted by molar-refractivity contribution is -0.133. The predicted molar refractivity (Wildman–Crippen MR) is 129 cm³/mol. The average molecular weight is 463 g/mol. The normalized spacial score (nSPS) is 20.6. The first-order chi connectivity index (χ1) is 16.4. The minimum Gasteiger partial charge on any atom is -0.479 e. The quantitative estimate of drug-likeness (QED) is 0.481. The van der Waals surface area contributed by atoms with E-state index in [-0.39, 0.29) is 24.8 Å². The molecule has 1 aromatic carbocycles. The van der Waals surface area contributed by atoms with Gasteiger partial charge in [0.2, 0.25) is 17.7 Å². The number of carbonyl (C=O) groups excluding carboxylic acids is 1. The van der Waals surface area contributed by atoms with Gasteiger partial charge >= 0.3 is 0 Å². The van der Waals surface area contributed by atoms with Crippen molar-refractivity contribution in [2.45, 2.75) is 38.4 Å². The SMILES string of the molecule is CCC1(F)CN(C(C)=O)CCC1Nc1nc(OC)c2c(-c3ccc4ncccc4c3)ccn2n1. The Balaban J connectivity index is 1.49. The highest BCUT2D eigenvalue weighted by Gasteiger charge is 2.44. The van der Waals surface area contributed by atoms with Crippen molar-refractivity contribution in [2.24, 2.45) is 0 Å². The Kier molecular flexibility index (Phi) is 5.55. The molecular formula is C25H27FN6O2. The van der Waals surface area contributed by atoms with Crippen molar-refractivity contribution in [3.63, 3.8) is 0 Å². The number of hydrogen-bond donors (Lipinski definition) is 1. The van der Waals surface area contributed by atoms with Crippen LogP contribution in [0.3, 0.4) is 0 Å². The first-order valence-electron chi connectivity index (χ1n) is 11.4. The highest BCUT2D eigenvalue weighted by Crippen LogP contribution is 2.34. The Morgan fingerprint density at radius 2 is 2.18 bits per heavy atom. The van der Waals surface area contributed by atoms with Gasteiger partial charge in [-0.1, -0.05) is 19.1 Å².